The maximum atomic E-state index is 12.5. The molecule has 4 rings (SSSR count). The molecule has 1 amide bonds. The number of carbonyl (C=O) groups excluding carboxylic acids is 2. The third-order valence-corrected chi connectivity index (χ3v) is 7.10. The van der Waals surface area contributed by atoms with Crippen molar-refractivity contribution in [2.24, 2.45) is 0 Å². The van der Waals surface area contributed by atoms with E-state index < -0.39 is 48.3 Å². The molecular formula is C36H45NO9. The minimum absolute atomic E-state index is 0.204. The van der Waals surface area contributed by atoms with Gasteiger partial charge in [-0.25, -0.2) is 9.59 Å². The lowest BCUT2D eigenvalue weighted by Crippen LogP contribution is -2.54. The molecule has 1 saturated heterocycles. The second-order valence-corrected chi connectivity index (χ2v) is 12.0. The molecule has 0 saturated carbocycles. The molecule has 0 radical (unpaired) electrons. The van der Waals surface area contributed by atoms with Crippen LogP contribution in [0.25, 0.3) is 0 Å². The summed E-state index contributed by atoms with van der Waals surface area (Å²) in [6, 6.07) is 28.5. The first-order chi connectivity index (χ1) is 22.2. The fraction of sp³-hybridized carbons (Fsp3) is 0.444. The van der Waals surface area contributed by atoms with Crippen molar-refractivity contribution in [1.29, 1.82) is 0 Å². The van der Waals surface area contributed by atoms with Gasteiger partial charge in [0.05, 0.1) is 46.2 Å². The van der Waals surface area contributed by atoms with Crippen LogP contribution in [-0.4, -0.2) is 68.6 Å². The van der Waals surface area contributed by atoms with E-state index in [2.05, 4.69) is 5.32 Å². The van der Waals surface area contributed by atoms with Crippen molar-refractivity contribution in [2.45, 2.75) is 83.3 Å². The maximum Gasteiger partial charge on any atom is 0.408 e. The van der Waals surface area contributed by atoms with Crippen molar-refractivity contribution in [3.8, 4) is 0 Å². The highest BCUT2D eigenvalue weighted by molar-refractivity contribution is 5.81. The molecule has 0 aromatic heterocycles. The van der Waals surface area contributed by atoms with Gasteiger partial charge in [-0.15, -0.1) is 0 Å². The zero-order valence-corrected chi connectivity index (χ0v) is 27.0. The van der Waals surface area contributed by atoms with Gasteiger partial charge in [-0.1, -0.05) is 91.0 Å². The van der Waals surface area contributed by atoms with E-state index in [1.807, 2.05) is 91.0 Å². The van der Waals surface area contributed by atoms with Gasteiger partial charge in [0.25, 0.3) is 0 Å². The van der Waals surface area contributed by atoms with E-state index in [0.717, 1.165) is 16.7 Å². The Labute approximate surface area is 271 Å². The third kappa shape index (κ3) is 11.9. The first-order valence-corrected chi connectivity index (χ1v) is 15.5. The molecule has 1 N–H and O–H groups in total. The van der Waals surface area contributed by atoms with Gasteiger partial charge in [0.15, 0.2) is 12.3 Å². The lowest BCUT2D eigenvalue weighted by atomic mass is 10.0. The van der Waals surface area contributed by atoms with Crippen LogP contribution in [0.3, 0.4) is 0 Å². The minimum Gasteiger partial charge on any atom is -0.467 e. The zero-order valence-electron chi connectivity index (χ0n) is 27.0. The van der Waals surface area contributed by atoms with Gasteiger partial charge in [-0.2, -0.15) is 0 Å². The van der Waals surface area contributed by atoms with Crippen molar-refractivity contribution < 1.29 is 42.7 Å². The topological polar surface area (TPSA) is 111 Å². The summed E-state index contributed by atoms with van der Waals surface area (Å²) >= 11 is 0. The van der Waals surface area contributed by atoms with Crippen LogP contribution in [0, 0.1) is 0 Å². The van der Waals surface area contributed by atoms with E-state index in [1.165, 1.54) is 7.11 Å². The quantitative estimate of drug-likeness (QED) is 0.214. The van der Waals surface area contributed by atoms with E-state index in [1.54, 1.807) is 20.8 Å². The molecule has 46 heavy (non-hydrogen) atoms. The van der Waals surface area contributed by atoms with Crippen LogP contribution in [0.1, 0.15) is 43.9 Å². The van der Waals surface area contributed by atoms with E-state index >= 15 is 0 Å². The highest BCUT2D eigenvalue weighted by atomic mass is 16.7. The van der Waals surface area contributed by atoms with E-state index in [9.17, 15) is 9.59 Å². The SMILES string of the molecule is COC(=O)[C@H](COC1CC(OCc2ccccc2)C(OCc2ccccc2)C(COCc2ccccc2)O1)NC(=O)OC(C)(C)C. The lowest BCUT2D eigenvalue weighted by molar-refractivity contribution is -0.279. The normalized spacial score (nSPS) is 20.4. The number of esters is 1. The average Bonchev–Trinajstić information content (AvgIpc) is 3.05. The number of hydrogen-bond acceptors (Lipinski definition) is 9. The van der Waals surface area contributed by atoms with Crippen molar-refractivity contribution in [3.63, 3.8) is 0 Å². The molecule has 1 fully saturated rings. The number of ether oxygens (including phenoxy) is 7. The number of benzene rings is 3. The fourth-order valence-corrected chi connectivity index (χ4v) is 4.89. The molecule has 0 bridgehead atoms. The summed E-state index contributed by atoms with van der Waals surface area (Å²) in [5, 5.41) is 2.54. The van der Waals surface area contributed by atoms with E-state index in [-0.39, 0.29) is 13.2 Å². The third-order valence-electron chi connectivity index (χ3n) is 7.10. The molecule has 1 heterocycles. The summed E-state index contributed by atoms with van der Waals surface area (Å²) in [6.45, 7) is 6.29. The predicted molar refractivity (Wildman–Crippen MR) is 171 cm³/mol. The minimum atomic E-state index is -1.12. The van der Waals surface area contributed by atoms with Crippen molar-refractivity contribution in [3.05, 3.63) is 108 Å². The molecule has 10 nitrogen and oxygen atoms in total. The summed E-state index contributed by atoms with van der Waals surface area (Å²) in [5.74, 6) is -0.676. The van der Waals surface area contributed by atoms with Crippen LogP contribution >= 0.6 is 0 Å². The van der Waals surface area contributed by atoms with Gasteiger partial charge >= 0.3 is 12.1 Å². The van der Waals surface area contributed by atoms with Crippen LogP contribution in [-0.2, 0) is 57.8 Å². The Morgan fingerprint density at radius 3 is 1.89 bits per heavy atom. The van der Waals surface area contributed by atoms with Gasteiger partial charge in [0, 0.05) is 6.42 Å². The highest BCUT2D eigenvalue weighted by Gasteiger charge is 2.42. The van der Waals surface area contributed by atoms with Crippen molar-refractivity contribution in [1.82, 2.24) is 5.32 Å². The van der Waals surface area contributed by atoms with Crippen LogP contribution in [0.2, 0.25) is 0 Å². The lowest BCUT2D eigenvalue weighted by Gasteiger charge is -2.41. The van der Waals surface area contributed by atoms with E-state index in [0.29, 0.717) is 26.2 Å². The molecule has 1 aliphatic rings. The smallest absolute Gasteiger partial charge is 0.408 e. The number of hydrogen-bond donors (Lipinski definition) is 1. The van der Waals surface area contributed by atoms with Crippen molar-refractivity contribution >= 4 is 12.1 Å². The van der Waals surface area contributed by atoms with Crippen LogP contribution < -0.4 is 5.32 Å². The van der Waals surface area contributed by atoms with Gasteiger partial charge in [-0.05, 0) is 37.5 Å². The molecule has 1 aliphatic heterocycles. The largest absolute Gasteiger partial charge is 0.467 e. The van der Waals surface area contributed by atoms with Crippen molar-refractivity contribution in [2.75, 3.05) is 20.3 Å². The molecular weight excluding hydrogens is 590 g/mol. The Bertz CT molecular complexity index is 1320. The summed E-state index contributed by atoms with van der Waals surface area (Å²) in [4.78, 5) is 25.0. The monoisotopic (exact) mass is 635 g/mol. The van der Waals surface area contributed by atoms with Crippen LogP contribution in [0.5, 0.6) is 0 Å². The highest BCUT2D eigenvalue weighted by Crippen LogP contribution is 2.29. The van der Waals surface area contributed by atoms with E-state index in [4.69, 9.17) is 33.2 Å². The maximum absolute atomic E-state index is 12.5. The Morgan fingerprint density at radius 1 is 0.804 bits per heavy atom. The van der Waals surface area contributed by atoms with Gasteiger partial charge in [0.2, 0.25) is 0 Å². The molecule has 3 aromatic carbocycles. The number of methoxy groups -OCH3 is 1. The molecule has 0 spiro atoms. The van der Waals surface area contributed by atoms with Crippen LogP contribution in [0.15, 0.2) is 91.0 Å². The summed E-state index contributed by atoms with van der Waals surface area (Å²) in [5.41, 5.74) is 2.31. The number of nitrogens with one attached hydrogen (secondary N) is 1. The van der Waals surface area contributed by atoms with Gasteiger partial charge < -0.3 is 38.5 Å². The molecule has 5 atom stereocenters. The molecule has 248 valence electrons. The summed E-state index contributed by atoms with van der Waals surface area (Å²) < 4.78 is 41.8. The number of amides is 1. The Morgan fingerprint density at radius 2 is 1.35 bits per heavy atom. The summed E-state index contributed by atoms with van der Waals surface area (Å²) in [6.07, 6.45) is -2.75. The first-order valence-electron chi connectivity index (χ1n) is 15.5. The zero-order chi connectivity index (χ0) is 32.8. The molecule has 4 unspecified atom stereocenters. The predicted octanol–water partition coefficient (Wildman–Crippen LogP) is 5.57. The Balaban J connectivity index is 1.50. The Hall–Kier alpha value is -3.80. The second kappa shape index (κ2) is 17.8. The summed E-state index contributed by atoms with van der Waals surface area (Å²) in [7, 11) is 1.24. The fourth-order valence-electron chi connectivity index (χ4n) is 4.89. The molecule has 3 aromatic rings. The Kier molecular flexibility index (Phi) is 13.5. The number of rotatable bonds is 15. The van der Waals surface area contributed by atoms with Gasteiger partial charge in [0.1, 0.15) is 17.8 Å². The first kappa shape index (κ1) is 35.1. The molecule has 0 aliphatic carbocycles. The second-order valence-electron chi connectivity index (χ2n) is 12.0. The van der Waals surface area contributed by atoms with Crippen LogP contribution in [0.4, 0.5) is 4.79 Å². The average molecular weight is 636 g/mol. The molecule has 10 heteroatoms. The standard InChI is InChI=1S/C36H45NO9/c1-36(2,3)46-35(39)37-29(34(38)40-4)24-43-32-20-30(42-22-27-16-10-6-11-17-27)33(44-23-28-18-12-7-13-19-28)31(45-32)25-41-21-26-14-8-5-9-15-26/h5-19,29-33H,20-25H2,1-4H3,(H,37,39)/t29-,30?,31?,32?,33?/m0/s1. The number of alkyl carbamates (subject to hydrolysis) is 1. The number of carbonyl (C=O) groups is 2. The van der Waals surface area contributed by atoms with Gasteiger partial charge in [-0.3, -0.25) is 0 Å².